The van der Waals surface area contributed by atoms with Crippen molar-refractivity contribution in [1.29, 1.82) is 0 Å². The zero-order valence-corrected chi connectivity index (χ0v) is 12.0. The Labute approximate surface area is 124 Å². The van der Waals surface area contributed by atoms with E-state index < -0.39 is 0 Å². The van der Waals surface area contributed by atoms with Crippen LogP contribution in [0.5, 0.6) is 0 Å². The van der Waals surface area contributed by atoms with Crippen LogP contribution in [-0.4, -0.2) is 65.4 Å². The van der Waals surface area contributed by atoms with Crippen LogP contribution in [0.4, 0.5) is 0 Å². The van der Waals surface area contributed by atoms with E-state index in [1.807, 2.05) is 4.90 Å². The maximum atomic E-state index is 12.6. The molecule has 2 fully saturated rings. The van der Waals surface area contributed by atoms with Crippen molar-refractivity contribution in [3.63, 3.8) is 0 Å². The molecule has 1 unspecified atom stereocenters. The van der Waals surface area contributed by atoms with Gasteiger partial charge in [0.15, 0.2) is 0 Å². The Morgan fingerprint density at radius 2 is 1.86 bits per heavy atom. The normalized spacial score (nSPS) is 22.4. The molecule has 0 radical (unpaired) electrons. The van der Waals surface area contributed by atoms with Gasteiger partial charge in [0.05, 0.1) is 0 Å². The molecule has 112 valence electrons. The third kappa shape index (κ3) is 2.90. The number of amides is 2. The average Bonchev–Trinajstić information content (AvgIpc) is 3.04. The molecule has 1 aromatic heterocycles. The van der Waals surface area contributed by atoms with Gasteiger partial charge in [0.2, 0.25) is 5.91 Å². The Morgan fingerprint density at radius 3 is 2.57 bits per heavy atom. The molecule has 6 heteroatoms. The summed E-state index contributed by atoms with van der Waals surface area (Å²) in [4.78, 5) is 32.7. The number of hydrogen-bond donors (Lipinski definition) is 1. The number of aromatic nitrogens is 1. The van der Waals surface area contributed by atoms with E-state index in [0.29, 0.717) is 12.1 Å². The van der Waals surface area contributed by atoms with Crippen LogP contribution in [0.1, 0.15) is 23.2 Å². The van der Waals surface area contributed by atoms with E-state index in [-0.39, 0.29) is 17.9 Å². The number of likely N-dealkylation sites (tertiary alicyclic amines) is 1. The molecular weight excluding hydrogens is 268 g/mol. The van der Waals surface area contributed by atoms with Gasteiger partial charge < -0.3 is 15.1 Å². The first kappa shape index (κ1) is 14.0. The SMILES string of the molecule is O=C(C1CCCN1C(=O)c1ccncc1)N1CCNCC1. The van der Waals surface area contributed by atoms with Gasteiger partial charge in [0.1, 0.15) is 6.04 Å². The van der Waals surface area contributed by atoms with Crippen LogP contribution in [0, 0.1) is 0 Å². The van der Waals surface area contributed by atoms with Gasteiger partial charge in [-0.25, -0.2) is 0 Å². The molecule has 3 rings (SSSR count). The van der Waals surface area contributed by atoms with E-state index in [1.165, 1.54) is 0 Å². The van der Waals surface area contributed by atoms with Crippen molar-refractivity contribution in [2.75, 3.05) is 32.7 Å². The monoisotopic (exact) mass is 288 g/mol. The molecule has 2 aliphatic heterocycles. The lowest BCUT2D eigenvalue weighted by Gasteiger charge is -2.33. The molecule has 3 heterocycles. The van der Waals surface area contributed by atoms with Gasteiger partial charge in [-0.3, -0.25) is 14.6 Å². The highest BCUT2D eigenvalue weighted by molar-refractivity contribution is 5.97. The number of rotatable bonds is 2. The second kappa shape index (κ2) is 6.22. The van der Waals surface area contributed by atoms with Crippen LogP contribution in [0.25, 0.3) is 0 Å². The summed E-state index contributed by atoms with van der Waals surface area (Å²) in [6.07, 6.45) is 4.87. The number of piperazine rings is 1. The predicted octanol–water partition coefficient (Wildman–Crippen LogP) is 0.118. The van der Waals surface area contributed by atoms with E-state index in [9.17, 15) is 9.59 Å². The molecule has 21 heavy (non-hydrogen) atoms. The van der Waals surface area contributed by atoms with Gasteiger partial charge in [0.25, 0.3) is 5.91 Å². The number of carbonyl (C=O) groups excluding carboxylic acids is 2. The maximum Gasteiger partial charge on any atom is 0.254 e. The zero-order chi connectivity index (χ0) is 14.7. The van der Waals surface area contributed by atoms with Gasteiger partial charge in [0, 0.05) is 50.7 Å². The summed E-state index contributed by atoms with van der Waals surface area (Å²) in [5.74, 6) is 0.0276. The molecule has 1 atom stereocenters. The molecule has 0 aliphatic carbocycles. The molecule has 0 aromatic carbocycles. The largest absolute Gasteiger partial charge is 0.338 e. The lowest BCUT2D eigenvalue weighted by molar-refractivity contribution is -0.135. The predicted molar refractivity (Wildman–Crippen MR) is 77.7 cm³/mol. The van der Waals surface area contributed by atoms with Crippen LogP contribution in [0.15, 0.2) is 24.5 Å². The standard InChI is InChI=1S/C15H20N4O2/c20-14(12-3-5-16-6-4-12)19-9-1-2-13(19)15(21)18-10-7-17-8-11-18/h3-6,13,17H,1-2,7-11H2. The van der Waals surface area contributed by atoms with Gasteiger partial charge in [-0.05, 0) is 25.0 Å². The molecule has 2 amide bonds. The minimum absolute atomic E-state index is 0.0663. The lowest BCUT2D eigenvalue weighted by Crippen LogP contribution is -2.53. The molecular formula is C15H20N4O2. The molecule has 0 saturated carbocycles. The lowest BCUT2D eigenvalue weighted by atomic mass is 10.1. The smallest absolute Gasteiger partial charge is 0.254 e. The van der Waals surface area contributed by atoms with Crippen LogP contribution in [-0.2, 0) is 4.79 Å². The summed E-state index contributed by atoms with van der Waals surface area (Å²) < 4.78 is 0. The van der Waals surface area contributed by atoms with Crippen molar-refractivity contribution in [2.45, 2.75) is 18.9 Å². The Kier molecular flexibility index (Phi) is 4.15. The van der Waals surface area contributed by atoms with Gasteiger partial charge in [-0.2, -0.15) is 0 Å². The Bertz CT molecular complexity index is 514. The fourth-order valence-electron chi connectivity index (χ4n) is 3.02. The Hall–Kier alpha value is -1.95. The molecule has 1 N–H and O–H groups in total. The maximum absolute atomic E-state index is 12.6. The second-order valence-corrected chi connectivity index (χ2v) is 5.47. The summed E-state index contributed by atoms with van der Waals surface area (Å²) >= 11 is 0. The highest BCUT2D eigenvalue weighted by Gasteiger charge is 2.37. The number of pyridine rings is 1. The van der Waals surface area contributed by atoms with E-state index in [1.54, 1.807) is 29.4 Å². The fourth-order valence-corrected chi connectivity index (χ4v) is 3.02. The van der Waals surface area contributed by atoms with Crippen LogP contribution in [0.3, 0.4) is 0 Å². The van der Waals surface area contributed by atoms with Gasteiger partial charge in [-0.15, -0.1) is 0 Å². The van der Waals surface area contributed by atoms with E-state index in [2.05, 4.69) is 10.3 Å². The first-order chi connectivity index (χ1) is 10.3. The van der Waals surface area contributed by atoms with Crippen molar-refractivity contribution in [3.05, 3.63) is 30.1 Å². The molecule has 2 aliphatic rings. The summed E-state index contributed by atoms with van der Waals surface area (Å²) in [6, 6.07) is 3.10. The molecule has 2 saturated heterocycles. The summed E-state index contributed by atoms with van der Waals surface area (Å²) in [7, 11) is 0. The molecule has 6 nitrogen and oxygen atoms in total. The van der Waals surface area contributed by atoms with Crippen LogP contribution < -0.4 is 5.32 Å². The molecule has 1 aromatic rings. The first-order valence-electron chi connectivity index (χ1n) is 7.48. The number of hydrogen-bond acceptors (Lipinski definition) is 4. The summed E-state index contributed by atoms with van der Waals surface area (Å²) in [5, 5.41) is 3.24. The molecule has 0 bridgehead atoms. The van der Waals surface area contributed by atoms with Gasteiger partial charge in [-0.1, -0.05) is 0 Å². The van der Waals surface area contributed by atoms with Crippen molar-refractivity contribution in [2.24, 2.45) is 0 Å². The minimum Gasteiger partial charge on any atom is -0.338 e. The summed E-state index contributed by atoms with van der Waals surface area (Å²) in [6.45, 7) is 3.77. The Balaban J connectivity index is 1.73. The minimum atomic E-state index is -0.302. The second-order valence-electron chi connectivity index (χ2n) is 5.47. The van der Waals surface area contributed by atoms with Crippen molar-refractivity contribution in [3.8, 4) is 0 Å². The highest BCUT2D eigenvalue weighted by Crippen LogP contribution is 2.22. The zero-order valence-electron chi connectivity index (χ0n) is 12.0. The summed E-state index contributed by atoms with van der Waals surface area (Å²) in [5.41, 5.74) is 0.602. The number of carbonyl (C=O) groups is 2. The van der Waals surface area contributed by atoms with E-state index >= 15 is 0 Å². The van der Waals surface area contributed by atoms with Crippen molar-refractivity contribution >= 4 is 11.8 Å². The van der Waals surface area contributed by atoms with Crippen molar-refractivity contribution in [1.82, 2.24) is 20.1 Å². The van der Waals surface area contributed by atoms with E-state index in [4.69, 9.17) is 0 Å². The highest BCUT2D eigenvalue weighted by atomic mass is 16.2. The number of nitrogens with zero attached hydrogens (tertiary/aromatic N) is 3. The van der Waals surface area contributed by atoms with Gasteiger partial charge >= 0.3 is 0 Å². The topological polar surface area (TPSA) is 65.5 Å². The average molecular weight is 288 g/mol. The third-order valence-electron chi connectivity index (χ3n) is 4.15. The van der Waals surface area contributed by atoms with Crippen molar-refractivity contribution < 1.29 is 9.59 Å². The Morgan fingerprint density at radius 1 is 1.14 bits per heavy atom. The van der Waals surface area contributed by atoms with Crippen LogP contribution in [0.2, 0.25) is 0 Å². The first-order valence-corrected chi connectivity index (χ1v) is 7.48. The fraction of sp³-hybridized carbons (Fsp3) is 0.533. The van der Waals surface area contributed by atoms with Crippen LogP contribution >= 0.6 is 0 Å². The third-order valence-corrected chi connectivity index (χ3v) is 4.15. The quantitative estimate of drug-likeness (QED) is 0.839. The van der Waals surface area contributed by atoms with E-state index in [0.717, 1.165) is 39.0 Å². The molecule has 0 spiro atoms. The number of nitrogens with one attached hydrogen (secondary N) is 1.